The topological polar surface area (TPSA) is 120 Å². The number of carbonyl (C=O) groups is 1. The molecule has 2 aromatic carbocycles. The SMILES string of the molecule is C=CCC[C@H](C#N)S(=O)(=O)NC(=O)c1ccc2c(c1)N(C[C@@H]1CC[C@H]1[C@@H](O)/C=C/CCC)C[C@@]1(CCCc3cc(Cl)ccc31)CO2. The zero-order chi connectivity index (χ0) is 32.9. The van der Waals surface area contributed by atoms with Gasteiger partial charge in [-0.2, -0.15) is 5.26 Å². The summed E-state index contributed by atoms with van der Waals surface area (Å²) < 4.78 is 34.5. The van der Waals surface area contributed by atoms with Crippen molar-refractivity contribution in [1.82, 2.24) is 4.72 Å². The van der Waals surface area contributed by atoms with Crippen molar-refractivity contribution in [1.29, 1.82) is 5.26 Å². The number of anilines is 1. The zero-order valence-corrected chi connectivity index (χ0v) is 28.0. The summed E-state index contributed by atoms with van der Waals surface area (Å²) >= 11 is 6.40. The molecule has 0 bridgehead atoms. The summed E-state index contributed by atoms with van der Waals surface area (Å²) in [6, 6.07) is 12.9. The van der Waals surface area contributed by atoms with Crippen molar-refractivity contribution in [2.24, 2.45) is 11.8 Å². The van der Waals surface area contributed by atoms with E-state index in [1.807, 2.05) is 18.2 Å². The maximum atomic E-state index is 13.3. The molecule has 5 atom stereocenters. The van der Waals surface area contributed by atoms with Gasteiger partial charge in [-0.05, 0) is 105 Å². The molecule has 0 aromatic heterocycles. The van der Waals surface area contributed by atoms with E-state index in [0.717, 1.165) is 44.9 Å². The number of ether oxygens (including phenoxy) is 1. The first-order chi connectivity index (χ1) is 22.1. The number of hydrogen-bond acceptors (Lipinski definition) is 7. The predicted octanol–water partition coefficient (Wildman–Crippen LogP) is 6.47. The highest BCUT2D eigenvalue weighted by atomic mass is 35.5. The summed E-state index contributed by atoms with van der Waals surface area (Å²) in [5.74, 6) is 0.189. The highest BCUT2D eigenvalue weighted by Crippen LogP contribution is 2.46. The zero-order valence-electron chi connectivity index (χ0n) is 26.5. The number of nitrogens with zero attached hydrogens (tertiary/aromatic N) is 2. The molecule has 2 N–H and O–H groups in total. The number of unbranched alkanes of at least 4 members (excludes halogenated alkanes) is 1. The summed E-state index contributed by atoms with van der Waals surface area (Å²) in [4.78, 5) is 15.6. The lowest BCUT2D eigenvalue weighted by Crippen LogP contribution is -2.49. The van der Waals surface area contributed by atoms with Crippen molar-refractivity contribution < 1.29 is 23.1 Å². The second-order valence-corrected chi connectivity index (χ2v) is 15.3. The predicted molar refractivity (Wildman–Crippen MR) is 182 cm³/mol. The van der Waals surface area contributed by atoms with Gasteiger partial charge in [0.2, 0.25) is 0 Å². The lowest BCUT2D eigenvalue weighted by atomic mass is 9.68. The summed E-state index contributed by atoms with van der Waals surface area (Å²) in [5.41, 5.74) is 3.01. The van der Waals surface area contributed by atoms with Gasteiger partial charge >= 0.3 is 0 Å². The molecular formula is C36H44ClN3O5S. The van der Waals surface area contributed by atoms with E-state index in [1.54, 1.807) is 30.3 Å². The fourth-order valence-corrected chi connectivity index (χ4v) is 8.47. The van der Waals surface area contributed by atoms with Crippen LogP contribution in [0.15, 0.2) is 61.2 Å². The Morgan fingerprint density at radius 1 is 1.28 bits per heavy atom. The van der Waals surface area contributed by atoms with Gasteiger partial charge in [0.05, 0.1) is 24.5 Å². The monoisotopic (exact) mass is 665 g/mol. The van der Waals surface area contributed by atoms with Crippen LogP contribution in [0.5, 0.6) is 5.75 Å². The number of allylic oxidation sites excluding steroid dienone is 2. The van der Waals surface area contributed by atoms with Gasteiger partial charge in [0.25, 0.3) is 15.9 Å². The number of amides is 1. The van der Waals surface area contributed by atoms with Crippen molar-refractivity contribution in [3.05, 3.63) is 82.9 Å². The third kappa shape index (κ3) is 7.30. The van der Waals surface area contributed by atoms with Crippen molar-refractivity contribution >= 4 is 33.2 Å². The van der Waals surface area contributed by atoms with Crippen molar-refractivity contribution in [3.63, 3.8) is 0 Å². The third-order valence-electron chi connectivity index (χ3n) is 9.84. The van der Waals surface area contributed by atoms with Crippen LogP contribution in [0.2, 0.25) is 5.02 Å². The van der Waals surface area contributed by atoms with Crippen molar-refractivity contribution in [2.75, 3.05) is 24.6 Å². The minimum absolute atomic E-state index is 0.0469. The van der Waals surface area contributed by atoms with Crippen LogP contribution in [0.4, 0.5) is 5.69 Å². The van der Waals surface area contributed by atoms with Gasteiger partial charge in [-0.15, -0.1) is 6.58 Å². The molecule has 2 aliphatic carbocycles. The van der Waals surface area contributed by atoms with Crippen LogP contribution in [0.1, 0.15) is 79.8 Å². The van der Waals surface area contributed by atoms with E-state index in [1.165, 1.54) is 11.1 Å². The van der Waals surface area contributed by atoms with Crippen LogP contribution in [0, 0.1) is 23.2 Å². The first-order valence-corrected chi connectivity index (χ1v) is 18.2. The molecule has 1 fully saturated rings. The molecule has 46 heavy (non-hydrogen) atoms. The highest BCUT2D eigenvalue weighted by molar-refractivity contribution is 7.90. The largest absolute Gasteiger partial charge is 0.490 e. The smallest absolute Gasteiger partial charge is 0.264 e. The van der Waals surface area contributed by atoms with E-state index < -0.39 is 27.3 Å². The number of benzene rings is 2. The molecule has 1 saturated carbocycles. The molecule has 10 heteroatoms. The van der Waals surface area contributed by atoms with E-state index >= 15 is 0 Å². The first kappa shape index (κ1) is 34.0. The average molecular weight is 666 g/mol. The van der Waals surface area contributed by atoms with E-state index in [2.05, 4.69) is 35.3 Å². The minimum atomic E-state index is -4.23. The van der Waals surface area contributed by atoms with Crippen LogP contribution in [0.3, 0.4) is 0 Å². The summed E-state index contributed by atoms with van der Waals surface area (Å²) in [6.07, 6.45) is 12.1. The summed E-state index contributed by atoms with van der Waals surface area (Å²) in [5, 5.41) is 19.8. The molecule has 5 rings (SSSR count). The Labute approximate surface area is 278 Å². The number of aliphatic hydroxyl groups excluding tert-OH is 1. The number of aryl methyl sites for hydroxylation is 1. The Morgan fingerprint density at radius 2 is 2.11 bits per heavy atom. The number of fused-ring (bicyclic) bond motifs is 3. The number of halogens is 1. The van der Waals surface area contributed by atoms with Crippen molar-refractivity contribution in [2.45, 2.75) is 81.5 Å². The number of nitrogens with one attached hydrogen (secondary N) is 1. The summed E-state index contributed by atoms with van der Waals surface area (Å²) in [6.45, 7) is 7.46. The maximum Gasteiger partial charge on any atom is 0.264 e. The minimum Gasteiger partial charge on any atom is -0.490 e. The molecule has 246 valence electrons. The fourth-order valence-electron chi connectivity index (χ4n) is 7.17. The number of aliphatic hydroxyl groups is 1. The van der Waals surface area contributed by atoms with Crippen LogP contribution in [-0.4, -0.2) is 50.5 Å². The second-order valence-electron chi connectivity index (χ2n) is 13.0. The van der Waals surface area contributed by atoms with Crippen LogP contribution < -0.4 is 14.4 Å². The molecule has 1 aliphatic heterocycles. The molecule has 1 amide bonds. The molecule has 3 aliphatic rings. The Balaban J connectivity index is 1.47. The van der Waals surface area contributed by atoms with E-state index in [4.69, 9.17) is 16.3 Å². The molecule has 2 aromatic rings. The molecule has 0 radical (unpaired) electrons. The van der Waals surface area contributed by atoms with E-state index in [9.17, 15) is 23.6 Å². The standard InChI is InChI=1S/C36H44ClN3O5S/c1-3-5-7-11-33(41)30-15-12-27(30)22-40-23-36(18-8-9-25-19-28(37)14-16-31(25)36)24-45-34-17-13-26(20-32(34)40)35(42)39-46(43,44)29(21-38)10-6-4-2/h4,7,11,13-14,16-17,19-20,27,29-30,33,41H,2-3,5-6,8-10,12,15,18,22-24H2,1H3,(H,39,42)/b11-7+/t27-,29+,30+,33-,36-/m0/s1. The van der Waals surface area contributed by atoms with Crippen LogP contribution >= 0.6 is 11.6 Å². The molecule has 0 saturated heterocycles. The number of hydrogen-bond donors (Lipinski definition) is 2. The van der Waals surface area contributed by atoms with Gasteiger partial charge in [0, 0.05) is 29.1 Å². The molecule has 0 unspecified atom stereocenters. The Morgan fingerprint density at radius 3 is 2.83 bits per heavy atom. The number of sulfonamides is 1. The Bertz CT molecular complexity index is 1620. The quantitative estimate of drug-likeness (QED) is 0.249. The molecule has 1 spiro atoms. The second kappa shape index (κ2) is 14.6. The summed E-state index contributed by atoms with van der Waals surface area (Å²) in [7, 11) is -4.23. The number of nitriles is 1. The number of rotatable bonds is 12. The molecule has 1 heterocycles. The Hall–Kier alpha value is -3.32. The third-order valence-corrected chi connectivity index (χ3v) is 11.6. The lowest BCUT2D eigenvalue weighted by Gasteiger charge is -2.45. The normalized spacial score (nSPS) is 23.7. The van der Waals surface area contributed by atoms with Crippen molar-refractivity contribution in [3.8, 4) is 11.8 Å². The number of carbonyl (C=O) groups excluding carboxylic acids is 1. The van der Waals surface area contributed by atoms with Gasteiger partial charge in [0.15, 0.2) is 5.25 Å². The lowest BCUT2D eigenvalue weighted by molar-refractivity contribution is 0.0456. The van der Waals surface area contributed by atoms with Gasteiger partial charge < -0.3 is 14.7 Å². The highest BCUT2D eigenvalue weighted by Gasteiger charge is 2.44. The van der Waals surface area contributed by atoms with Crippen LogP contribution in [-0.2, 0) is 21.9 Å². The maximum absolute atomic E-state index is 13.3. The molecule has 8 nitrogen and oxygen atoms in total. The van der Waals surface area contributed by atoms with E-state index in [0.29, 0.717) is 42.6 Å². The molecular weight excluding hydrogens is 622 g/mol. The van der Waals surface area contributed by atoms with Crippen LogP contribution in [0.25, 0.3) is 0 Å². The van der Waals surface area contributed by atoms with Gasteiger partial charge in [-0.25, -0.2) is 13.1 Å². The Kier molecular flexibility index (Phi) is 10.8. The van der Waals surface area contributed by atoms with Gasteiger partial charge in [-0.3, -0.25) is 4.79 Å². The average Bonchev–Trinajstić information content (AvgIpc) is 3.16. The first-order valence-electron chi connectivity index (χ1n) is 16.3. The fraction of sp³-hybridized carbons (Fsp3) is 0.500. The van der Waals surface area contributed by atoms with Gasteiger partial charge in [-0.1, -0.05) is 49.2 Å². The van der Waals surface area contributed by atoms with Gasteiger partial charge in [0.1, 0.15) is 5.75 Å². The van der Waals surface area contributed by atoms with E-state index in [-0.39, 0.29) is 29.2 Å².